The van der Waals surface area contributed by atoms with E-state index in [2.05, 4.69) is 18.4 Å². The van der Waals surface area contributed by atoms with Gasteiger partial charge in [-0.3, -0.25) is 4.90 Å². The molecule has 0 spiro atoms. The van der Waals surface area contributed by atoms with Gasteiger partial charge in [-0.15, -0.1) is 11.3 Å². The fourth-order valence-electron chi connectivity index (χ4n) is 3.92. The minimum absolute atomic E-state index is 0.00364. The highest BCUT2D eigenvalue weighted by Gasteiger charge is 2.29. The molecule has 4 rings (SSSR count). The van der Waals surface area contributed by atoms with E-state index in [1.54, 1.807) is 21.1 Å². The van der Waals surface area contributed by atoms with Gasteiger partial charge < -0.3 is 14.7 Å². The maximum absolute atomic E-state index is 13.5. The molecule has 1 aromatic heterocycles. The van der Waals surface area contributed by atoms with Gasteiger partial charge in [0.15, 0.2) is 0 Å². The molecule has 1 fully saturated rings. The second-order valence-corrected chi connectivity index (χ2v) is 9.08. The van der Waals surface area contributed by atoms with E-state index in [9.17, 15) is 9.59 Å². The Kier molecular flexibility index (Phi) is 6.75. The van der Waals surface area contributed by atoms with Crippen molar-refractivity contribution >= 4 is 34.8 Å². The highest BCUT2D eigenvalue weighted by Crippen LogP contribution is 2.27. The van der Waals surface area contributed by atoms with E-state index < -0.39 is 0 Å². The highest BCUT2D eigenvalue weighted by atomic mass is 32.1. The Morgan fingerprint density at radius 3 is 1.81 bits per heavy atom. The molecule has 7 heteroatoms. The molecule has 0 unspecified atom stereocenters. The lowest BCUT2D eigenvalue weighted by Gasteiger charge is -2.38. The number of rotatable bonds is 4. The molecule has 166 valence electrons. The van der Waals surface area contributed by atoms with Gasteiger partial charge in [0.25, 0.3) is 0 Å². The molecule has 1 saturated heterocycles. The molecule has 0 atom stereocenters. The minimum Gasteiger partial charge on any atom is -0.323 e. The van der Waals surface area contributed by atoms with Crippen LogP contribution in [0.15, 0.2) is 72.1 Å². The number of benzene rings is 2. The number of anilines is 2. The number of para-hydroxylation sites is 2. The molecule has 0 radical (unpaired) electrons. The van der Waals surface area contributed by atoms with Crippen LogP contribution in [0.3, 0.4) is 0 Å². The Bertz CT molecular complexity index is 1010. The van der Waals surface area contributed by atoms with Crippen LogP contribution in [0, 0.1) is 6.92 Å². The quantitative estimate of drug-likeness (QED) is 0.552. The summed E-state index contributed by atoms with van der Waals surface area (Å²) < 4.78 is 0. The van der Waals surface area contributed by atoms with Crippen LogP contribution in [-0.4, -0.2) is 60.0 Å². The number of thiophene rings is 1. The fourth-order valence-corrected chi connectivity index (χ4v) is 4.62. The van der Waals surface area contributed by atoms with Crippen molar-refractivity contribution in [3.63, 3.8) is 0 Å². The van der Waals surface area contributed by atoms with E-state index in [4.69, 9.17) is 0 Å². The molecular formula is C25H28N4O2S. The lowest BCUT2D eigenvalue weighted by atomic mass is 10.2. The van der Waals surface area contributed by atoms with Crippen molar-refractivity contribution in [2.24, 2.45) is 0 Å². The summed E-state index contributed by atoms with van der Waals surface area (Å²) in [5, 5.41) is 2.09. The van der Waals surface area contributed by atoms with Crippen molar-refractivity contribution in [2.75, 3.05) is 38.1 Å². The predicted molar refractivity (Wildman–Crippen MR) is 129 cm³/mol. The molecule has 3 aromatic rings. The molecule has 0 bridgehead atoms. The Hall–Kier alpha value is -3.32. The summed E-state index contributed by atoms with van der Waals surface area (Å²) >= 11 is 1.70. The Morgan fingerprint density at radius 1 is 0.844 bits per heavy atom. The lowest BCUT2D eigenvalue weighted by molar-refractivity contribution is 0.125. The van der Waals surface area contributed by atoms with Crippen molar-refractivity contribution in [2.45, 2.75) is 13.5 Å². The number of urea groups is 2. The summed E-state index contributed by atoms with van der Waals surface area (Å²) in [6.45, 7) is 4.72. The molecule has 2 heterocycles. The molecule has 0 aliphatic carbocycles. The van der Waals surface area contributed by atoms with Gasteiger partial charge in [0, 0.05) is 44.6 Å². The Balaban J connectivity index is 1.41. The molecule has 6 nitrogen and oxygen atoms in total. The standard InChI is InChI=1S/C25H28N4O2S/c1-20-17-21(19-32-20)18-26(2)24(30)27-13-15-28(16-14-27)25(31)29(22-9-5-3-6-10-22)23-11-7-4-8-12-23/h3-12,17,19H,13-16,18H2,1-2H3. The molecule has 0 N–H and O–H groups in total. The van der Waals surface area contributed by atoms with Gasteiger partial charge >= 0.3 is 12.1 Å². The van der Waals surface area contributed by atoms with E-state index in [-0.39, 0.29) is 12.1 Å². The molecular weight excluding hydrogens is 420 g/mol. The number of carbonyl (C=O) groups is 2. The van der Waals surface area contributed by atoms with Crippen LogP contribution in [0.25, 0.3) is 0 Å². The first-order valence-electron chi connectivity index (χ1n) is 10.8. The largest absolute Gasteiger partial charge is 0.329 e. The number of piperazine rings is 1. The van der Waals surface area contributed by atoms with E-state index in [1.165, 1.54) is 4.88 Å². The molecule has 1 aliphatic heterocycles. The summed E-state index contributed by atoms with van der Waals surface area (Å²) in [6.07, 6.45) is 0. The second-order valence-electron chi connectivity index (χ2n) is 7.97. The molecule has 4 amide bonds. The summed E-state index contributed by atoms with van der Waals surface area (Å²) in [6, 6.07) is 21.4. The number of amides is 4. The van der Waals surface area contributed by atoms with Gasteiger partial charge in [-0.2, -0.15) is 0 Å². The first kappa shape index (κ1) is 21.9. The molecule has 32 heavy (non-hydrogen) atoms. The molecule has 1 aliphatic rings. The lowest BCUT2D eigenvalue weighted by Crippen LogP contribution is -2.55. The zero-order valence-corrected chi connectivity index (χ0v) is 19.3. The average molecular weight is 449 g/mol. The van der Waals surface area contributed by atoms with Gasteiger partial charge in [0.2, 0.25) is 0 Å². The fraction of sp³-hybridized carbons (Fsp3) is 0.280. The van der Waals surface area contributed by atoms with Crippen LogP contribution in [0.4, 0.5) is 21.0 Å². The third-order valence-corrected chi connectivity index (χ3v) is 6.48. The van der Waals surface area contributed by atoms with Crippen molar-refractivity contribution in [3.8, 4) is 0 Å². The topological polar surface area (TPSA) is 47.1 Å². The Labute approximate surface area is 193 Å². The maximum atomic E-state index is 13.5. The van der Waals surface area contributed by atoms with Crippen LogP contribution in [-0.2, 0) is 6.54 Å². The van der Waals surface area contributed by atoms with Crippen molar-refractivity contribution < 1.29 is 9.59 Å². The third-order valence-electron chi connectivity index (χ3n) is 5.57. The third kappa shape index (κ3) is 4.94. The summed E-state index contributed by atoms with van der Waals surface area (Å²) in [4.78, 5) is 34.8. The van der Waals surface area contributed by atoms with Gasteiger partial charge in [-0.05, 0) is 48.2 Å². The first-order valence-corrected chi connectivity index (χ1v) is 11.6. The smallest absolute Gasteiger partial charge is 0.323 e. The SMILES string of the molecule is Cc1cc(CN(C)C(=O)N2CCN(C(=O)N(c3ccccc3)c3ccccc3)CC2)cs1. The van der Waals surface area contributed by atoms with E-state index in [0.717, 1.165) is 16.9 Å². The number of aryl methyl sites for hydroxylation is 1. The average Bonchev–Trinajstić information content (AvgIpc) is 3.24. The summed E-state index contributed by atoms with van der Waals surface area (Å²) in [5.74, 6) is 0. The van der Waals surface area contributed by atoms with E-state index >= 15 is 0 Å². The highest BCUT2D eigenvalue weighted by molar-refractivity contribution is 7.10. The molecule has 2 aromatic carbocycles. The molecule has 0 saturated carbocycles. The number of carbonyl (C=O) groups excluding carboxylic acids is 2. The summed E-state index contributed by atoms with van der Waals surface area (Å²) in [5.41, 5.74) is 2.81. The van der Waals surface area contributed by atoms with E-state index in [0.29, 0.717) is 32.7 Å². The van der Waals surface area contributed by atoms with Crippen LogP contribution < -0.4 is 4.90 Å². The van der Waals surface area contributed by atoms with Gasteiger partial charge in [0.1, 0.15) is 0 Å². The van der Waals surface area contributed by atoms with Crippen LogP contribution >= 0.6 is 11.3 Å². The van der Waals surface area contributed by atoms with Crippen molar-refractivity contribution in [1.82, 2.24) is 14.7 Å². The van der Waals surface area contributed by atoms with Crippen molar-refractivity contribution in [3.05, 3.63) is 82.6 Å². The predicted octanol–water partition coefficient (Wildman–Crippen LogP) is 5.18. The summed E-state index contributed by atoms with van der Waals surface area (Å²) in [7, 11) is 1.83. The zero-order valence-electron chi connectivity index (χ0n) is 18.5. The number of nitrogens with zero attached hydrogens (tertiary/aromatic N) is 4. The monoisotopic (exact) mass is 448 g/mol. The zero-order chi connectivity index (χ0) is 22.5. The second kappa shape index (κ2) is 9.87. The minimum atomic E-state index is -0.0726. The number of hydrogen-bond acceptors (Lipinski definition) is 3. The van der Waals surface area contributed by atoms with Crippen LogP contribution in [0.5, 0.6) is 0 Å². The van der Waals surface area contributed by atoms with Gasteiger partial charge in [-0.1, -0.05) is 36.4 Å². The van der Waals surface area contributed by atoms with Gasteiger partial charge in [-0.25, -0.2) is 9.59 Å². The van der Waals surface area contributed by atoms with Crippen molar-refractivity contribution in [1.29, 1.82) is 0 Å². The normalized spacial score (nSPS) is 13.7. The number of hydrogen-bond donors (Lipinski definition) is 0. The Morgan fingerprint density at radius 2 is 1.34 bits per heavy atom. The van der Waals surface area contributed by atoms with E-state index in [1.807, 2.05) is 77.5 Å². The first-order chi connectivity index (χ1) is 15.5. The maximum Gasteiger partial charge on any atom is 0.329 e. The van der Waals surface area contributed by atoms with Crippen LogP contribution in [0.1, 0.15) is 10.4 Å². The van der Waals surface area contributed by atoms with Gasteiger partial charge in [0.05, 0.1) is 11.4 Å². The van der Waals surface area contributed by atoms with Crippen LogP contribution in [0.2, 0.25) is 0 Å².